The van der Waals surface area contributed by atoms with Gasteiger partial charge in [0.05, 0.1) is 24.0 Å². The van der Waals surface area contributed by atoms with Gasteiger partial charge in [0.15, 0.2) is 12.2 Å². The molecule has 4 atom stereocenters. The van der Waals surface area contributed by atoms with Gasteiger partial charge in [0, 0.05) is 60.7 Å². The summed E-state index contributed by atoms with van der Waals surface area (Å²) in [5.74, 6) is -7.02. The standard InChI is InChI=1S/C52H76N2O24/c1-31(2)41(57)69-23-38(56)26-75-47(63)51(9,10)21-35(7)45(61)71-25-37(55)24-70-43(59)33(5)15-16-34(6)44(60)73-29-40(78-50(66)54-18-20-68-14)30-76-48(64)52(11,12)22-36(8)46(62)74-28-39(27-72-42(58)32(3)4)77-49(65)53-17-19-67-13/h15-16,37-40,55-56H,1,3,7-8,17-30H2,2,4-6,9-14H3,(H,53,65)(H,54,66)/b33-15+,34-16+. The van der Waals surface area contributed by atoms with Crippen LogP contribution in [0.15, 0.2) is 71.9 Å². The summed E-state index contributed by atoms with van der Waals surface area (Å²) in [7, 11) is 2.83. The molecule has 438 valence electrons. The van der Waals surface area contributed by atoms with Gasteiger partial charge in [-0.2, -0.15) is 0 Å². The van der Waals surface area contributed by atoms with Crippen molar-refractivity contribution in [2.45, 2.75) is 92.6 Å². The predicted octanol–water partition coefficient (Wildman–Crippen LogP) is 2.53. The number of aliphatic hydroxyl groups is 2. The Hall–Kier alpha value is -7.42. The number of allylic oxidation sites excluding steroid dienone is 2. The third-order valence-electron chi connectivity index (χ3n) is 9.84. The van der Waals surface area contributed by atoms with Gasteiger partial charge in [0.2, 0.25) is 0 Å². The molecule has 78 heavy (non-hydrogen) atoms. The Kier molecular flexibility index (Phi) is 33.1. The van der Waals surface area contributed by atoms with Crippen LogP contribution >= 0.6 is 0 Å². The number of ether oxygens (including phenoxy) is 12. The molecule has 0 aliphatic rings. The summed E-state index contributed by atoms with van der Waals surface area (Å²) in [6.45, 7) is 21.4. The molecule has 26 heteroatoms. The van der Waals surface area contributed by atoms with E-state index < -0.39 is 148 Å². The summed E-state index contributed by atoms with van der Waals surface area (Å²) in [5.41, 5.74) is -3.01. The second kappa shape index (κ2) is 36.6. The van der Waals surface area contributed by atoms with Gasteiger partial charge in [-0.3, -0.25) is 9.59 Å². The normalized spacial score (nSPS) is 13.1. The molecule has 0 saturated heterocycles. The summed E-state index contributed by atoms with van der Waals surface area (Å²) < 4.78 is 61.3. The van der Waals surface area contributed by atoms with E-state index >= 15 is 0 Å². The molecule has 0 aromatic carbocycles. The minimum Gasteiger partial charge on any atom is -0.462 e. The van der Waals surface area contributed by atoms with E-state index in [-0.39, 0.29) is 72.6 Å². The van der Waals surface area contributed by atoms with E-state index in [2.05, 4.69) is 36.9 Å². The van der Waals surface area contributed by atoms with Crippen LogP contribution in [0.4, 0.5) is 9.59 Å². The van der Waals surface area contributed by atoms with Crippen molar-refractivity contribution >= 4 is 59.9 Å². The van der Waals surface area contributed by atoms with Crippen molar-refractivity contribution in [3.8, 4) is 0 Å². The van der Waals surface area contributed by atoms with E-state index in [1.54, 1.807) is 0 Å². The van der Waals surface area contributed by atoms with Gasteiger partial charge < -0.3 is 77.7 Å². The molecular weight excluding hydrogens is 1040 g/mol. The van der Waals surface area contributed by atoms with Crippen LogP contribution in [0.5, 0.6) is 0 Å². The van der Waals surface area contributed by atoms with Crippen molar-refractivity contribution in [2.75, 3.05) is 93.4 Å². The van der Waals surface area contributed by atoms with Crippen LogP contribution in [-0.4, -0.2) is 188 Å². The largest absolute Gasteiger partial charge is 0.462 e. The summed E-state index contributed by atoms with van der Waals surface area (Å²) in [5, 5.41) is 25.1. The first-order valence-corrected chi connectivity index (χ1v) is 24.0. The second-order valence-electron chi connectivity index (χ2n) is 18.6. The van der Waals surface area contributed by atoms with Crippen LogP contribution < -0.4 is 10.6 Å². The predicted molar refractivity (Wildman–Crippen MR) is 272 cm³/mol. The first-order valence-electron chi connectivity index (χ1n) is 24.0. The molecule has 0 aromatic rings. The highest BCUT2D eigenvalue weighted by molar-refractivity contribution is 5.92. The van der Waals surface area contributed by atoms with Gasteiger partial charge in [0.25, 0.3) is 0 Å². The summed E-state index contributed by atoms with van der Waals surface area (Å²) in [6, 6.07) is 0. The molecule has 0 heterocycles. The topological polar surface area (TPSA) is 346 Å². The third-order valence-corrected chi connectivity index (χ3v) is 9.84. The number of amides is 2. The van der Waals surface area contributed by atoms with Crippen LogP contribution in [0, 0.1) is 10.8 Å². The van der Waals surface area contributed by atoms with Crippen molar-refractivity contribution in [1.82, 2.24) is 10.6 Å². The molecule has 0 aliphatic heterocycles. The average Bonchev–Trinajstić information content (AvgIpc) is 3.37. The van der Waals surface area contributed by atoms with E-state index in [0.717, 1.165) is 0 Å². The number of carbonyl (C=O) groups excluding carboxylic acids is 10. The zero-order chi connectivity index (χ0) is 59.8. The fraction of sp³-hybridized carbons (Fsp3) is 0.577. The zero-order valence-corrected chi connectivity index (χ0v) is 46.1. The van der Waals surface area contributed by atoms with E-state index in [4.69, 9.17) is 56.8 Å². The maximum Gasteiger partial charge on any atom is 0.407 e. The summed E-state index contributed by atoms with van der Waals surface area (Å²) in [4.78, 5) is 125. The van der Waals surface area contributed by atoms with Crippen molar-refractivity contribution in [3.63, 3.8) is 0 Å². The van der Waals surface area contributed by atoms with Crippen LogP contribution in [0.25, 0.3) is 0 Å². The molecule has 4 N–H and O–H groups in total. The number of aliphatic hydroxyl groups excluding tert-OH is 2. The molecule has 0 fully saturated rings. The van der Waals surface area contributed by atoms with Crippen molar-refractivity contribution in [1.29, 1.82) is 0 Å². The minimum atomic E-state index is -1.48. The molecule has 0 aromatic heterocycles. The number of carbonyl (C=O) groups is 10. The van der Waals surface area contributed by atoms with Crippen molar-refractivity contribution in [3.05, 3.63) is 71.9 Å². The quantitative estimate of drug-likeness (QED) is 0.0228. The van der Waals surface area contributed by atoms with E-state index in [9.17, 15) is 58.2 Å². The number of rotatable bonds is 37. The second-order valence-corrected chi connectivity index (χ2v) is 18.6. The summed E-state index contributed by atoms with van der Waals surface area (Å²) in [6.07, 6.45) is -5.43. The SMILES string of the molecule is C=C(C)C(=O)OCC(O)COC(=O)C(C)(C)CC(=C)C(=O)OCC(O)COC(=O)/C(C)=C/C=C(\C)C(=O)OCC(COC(=O)C(C)(C)CC(=C)C(=O)OCC(COC(=O)C(=C)C)OC(=O)NCCOC)OC(=O)NCCOC. The van der Waals surface area contributed by atoms with E-state index in [1.165, 1.54) is 81.8 Å². The van der Waals surface area contributed by atoms with Crippen molar-refractivity contribution in [2.24, 2.45) is 10.8 Å². The lowest BCUT2D eigenvalue weighted by molar-refractivity contribution is -0.160. The fourth-order valence-electron chi connectivity index (χ4n) is 5.40. The first-order chi connectivity index (χ1) is 36.4. The van der Waals surface area contributed by atoms with E-state index in [1.807, 2.05) is 0 Å². The zero-order valence-electron chi connectivity index (χ0n) is 46.1. The van der Waals surface area contributed by atoms with Crippen LogP contribution in [0.3, 0.4) is 0 Å². The average molecular weight is 1110 g/mol. The van der Waals surface area contributed by atoms with Gasteiger partial charge in [-0.05, 0) is 68.2 Å². The smallest absolute Gasteiger partial charge is 0.407 e. The lowest BCUT2D eigenvalue weighted by atomic mass is 9.86. The third kappa shape index (κ3) is 30.4. The molecule has 0 bridgehead atoms. The lowest BCUT2D eigenvalue weighted by Gasteiger charge is -2.25. The lowest BCUT2D eigenvalue weighted by Crippen LogP contribution is -2.38. The van der Waals surface area contributed by atoms with Crippen LogP contribution in [0.1, 0.15) is 68.2 Å². The monoisotopic (exact) mass is 1110 g/mol. The Labute approximate surface area is 453 Å². The number of hydrogen-bond donors (Lipinski definition) is 4. The Balaban J connectivity index is 5.43. The Morgan fingerprint density at radius 2 is 0.731 bits per heavy atom. The molecular formula is C52H76N2O24. The maximum absolute atomic E-state index is 13.3. The molecule has 0 rings (SSSR count). The van der Waals surface area contributed by atoms with Gasteiger partial charge in [0.1, 0.15) is 65.1 Å². The van der Waals surface area contributed by atoms with Gasteiger partial charge in [-0.25, -0.2) is 38.4 Å². The highest BCUT2D eigenvalue weighted by Gasteiger charge is 2.35. The first kappa shape index (κ1) is 70.6. The van der Waals surface area contributed by atoms with Gasteiger partial charge in [-0.1, -0.05) is 38.5 Å². The molecule has 0 aliphatic carbocycles. The molecule has 0 saturated carbocycles. The molecule has 26 nitrogen and oxygen atoms in total. The number of methoxy groups -OCH3 is 2. The number of alkyl carbamates (subject to hydrolysis) is 2. The van der Waals surface area contributed by atoms with Crippen LogP contribution in [-0.2, 0) is 95.2 Å². The van der Waals surface area contributed by atoms with E-state index in [0.29, 0.717) is 0 Å². The Bertz CT molecular complexity index is 2210. The maximum atomic E-state index is 13.3. The Morgan fingerprint density at radius 3 is 1.09 bits per heavy atom. The molecule has 0 radical (unpaired) electrons. The minimum absolute atomic E-state index is 0.0353. The van der Waals surface area contributed by atoms with Crippen LogP contribution in [0.2, 0.25) is 0 Å². The summed E-state index contributed by atoms with van der Waals surface area (Å²) >= 11 is 0. The van der Waals surface area contributed by atoms with Gasteiger partial charge in [-0.15, -0.1) is 0 Å². The van der Waals surface area contributed by atoms with Crippen molar-refractivity contribution < 1.29 is 115 Å². The highest BCUT2D eigenvalue weighted by atomic mass is 16.6. The molecule has 2 amide bonds. The number of hydrogen-bond acceptors (Lipinski definition) is 24. The van der Waals surface area contributed by atoms with Gasteiger partial charge >= 0.3 is 59.9 Å². The number of esters is 8. The molecule has 4 unspecified atom stereocenters. The molecule has 0 spiro atoms. The highest BCUT2D eigenvalue weighted by Crippen LogP contribution is 2.28. The Morgan fingerprint density at radius 1 is 0.449 bits per heavy atom. The number of nitrogens with one attached hydrogen (secondary N) is 2. The fourth-order valence-corrected chi connectivity index (χ4v) is 5.40.